The Kier molecular flexibility index (Phi) is 6.06. The van der Waals surface area contributed by atoms with E-state index in [0.717, 1.165) is 12.5 Å². The third kappa shape index (κ3) is 4.48. The van der Waals surface area contributed by atoms with Crippen LogP contribution in [0.4, 0.5) is 24.5 Å². The number of anilines is 2. The second kappa shape index (κ2) is 8.88. The Morgan fingerprint density at radius 3 is 2.70 bits per heavy atom. The minimum absolute atomic E-state index is 0.115. The van der Waals surface area contributed by atoms with Gasteiger partial charge in [0.25, 0.3) is 5.91 Å². The molecule has 3 N–H and O–H groups in total. The first-order valence-electron chi connectivity index (χ1n) is 12.0. The van der Waals surface area contributed by atoms with Crippen molar-refractivity contribution in [3.05, 3.63) is 47.9 Å². The molecule has 0 radical (unpaired) electrons. The lowest BCUT2D eigenvalue weighted by molar-refractivity contribution is -0.273. The average molecular weight is 520 g/mol. The van der Waals surface area contributed by atoms with Gasteiger partial charge in [-0.3, -0.25) is 4.79 Å². The average Bonchev–Trinajstić information content (AvgIpc) is 3.43. The fourth-order valence-electron chi connectivity index (χ4n) is 5.09. The fourth-order valence-corrected chi connectivity index (χ4v) is 5.09. The summed E-state index contributed by atoms with van der Waals surface area (Å²) in [7, 11) is 0. The number of fused-ring (bicyclic) bond motifs is 2. The van der Waals surface area contributed by atoms with Crippen LogP contribution in [0.15, 0.2) is 36.8 Å². The molecular formula is C25H28F3N5O4. The highest BCUT2D eigenvalue weighted by Crippen LogP contribution is 2.45. The monoisotopic (exact) mass is 519 g/mol. The Labute approximate surface area is 210 Å². The predicted octanol–water partition coefficient (Wildman–Crippen LogP) is 3.20. The Hall–Kier alpha value is -3.38. The molecule has 4 heterocycles. The number of aromatic nitrogens is 3. The first kappa shape index (κ1) is 25.3. The molecule has 0 bridgehead atoms. The van der Waals surface area contributed by atoms with Crippen molar-refractivity contribution in [1.29, 1.82) is 0 Å². The van der Waals surface area contributed by atoms with Gasteiger partial charge in [-0.15, -0.1) is 0 Å². The van der Waals surface area contributed by atoms with Gasteiger partial charge >= 0.3 is 6.18 Å². The lowest BCUT2D eigenvalue weighted by atomic mass is 9.81. The normalized spacial score (nSPS) is 22.0. The number of alkyl halides is 3. The van der Waals surface area contributed by atoms with Crippen LogP contribution in [0.25, 0.3) is 5.65 Å². The fraction of sp³-hybridized carbons (Fsp3) is 0.480. The van der Waals surface area contributed by atoms with Gasteiger partial charge < -0.3 is 25.2 Å². The van der Waals surface area contributed by atoms with Crippen LogP contribution in [0.3, 0.4) is 0 Å². The van der Waals surface area contributed by atoms with Crippen LogP contribution in [0, 0.1) is 5.92 Å². The molecule has 5 rings (SSSR count). The number of hydrogen-bond acceptors (Lipinski definition) is 7. The number of aliphatic hydroxyl groups is 2. The number of hydrogen-bond donors (Lipinski definition) is 3. The molecule has 12 heteroatoms. The second-order valence-corrected chi connectivity index (χ2v) is 10.2. The maximum atomic E-state index is 13.4. The molecule has 1 unspecified atom stereocenters. The van der Waals surface area contributed by atoms with Gasteiger partial charge in [0.2, 0.25) is 0 Å². The van der Waals surface area contributed by atoms with Crippen molar-refractivity contribution in [2.45, 2.75) is 50.5 Å². The van der Waals surface area contributed by atoms with Gasteiger partial charge in [-0.2, -0.15) is 18.3 Å². The number of rotatable bonds is 5. The summed E-state index contributed by atoms with van der Waals surface area (Å²) in [6.45, 7) is 2.88. The SMILES string of the molecule is CC(O)(C1CCN(c2cc3c(cc2NC(=O)c2cnn4cccnc24)C[C@@](C)(CO)O3)CC1)C(F)(F)F. The molecule has 1 aromatic carbocycles. The van der Waals surface area contributed by atoms with E-state index in [-0.39, 0.29) is 38.1 Å². The number of benzene rings is 1. The van der Waals surface area contributed by atoms with Crippen LogP contribution in [-0.4, -0.2) is 67.8 Å². The number of amides is 1. The van der Waals surface area contributed by atoms with Gasteiger partial charge in [-0.1, -0.05) is 0 Å². The zero-order valence-corrected chi connectivity index (χ0v) is 20.4. The van der Waals surface area contributed by atoms with Crippen molar-refractivity contribution >= 4 is 22.9 Å². The summed E-state index contributed by atoms with van der Waals surface area (Å²) in [5, 5.41) is 27.0. The van der Waals surface area contributed by atoms with Crippen LogP contribution < -0.4 is 15.0 Å². The summed E-state index contributed by atoms with van der Waals surface area (Å²) in [5.74, 6) is -0.838. The van der Waals surface area contributed by atoms with Crippen LogP contribution in [-0.2, 0) is 6.42 Å². The summed E-state index contributed by atoms with van der Waals surface area (Å²) >= 11 is 0. The second-order valence-electron chi connectivity index (χ2n) is 10.2. The maximum absolute atomic E-state index is 13.4. The number of aliphatic hydroxyl groups excluding tert-OH is 1. The van der Waals surface area contributed by atoms with Crippen LogP contribution in [0.1, 0.15) is 42.6 Å². The number of nitrogens with one attached hydrogen (secondary N) is 1. The van der Waals surface area contributed by atoms with Crippen LogP contribution in [0.2, 0.25) is 0 Å². The van der Waals surface area contributed by atoms with E-state index in [9.17, 15) is 28.2 Å². The molecule has 0 saturated carbocycles. The van der Waals surface area contributed by atoms with Gasteiger partial charge in [-0.25, -0.2) is 9.50 Å². The molecule has 2 atom stereocenters. The van der Waals surface area contributed by atoms with Gasteiger partial charge in [0, 0.05) is 43.5 Å². The third-order valence-electron chi connectivity index (χ3n) is 7.41. The molecule has 0 aliphatic carbocycles. The largest absolute Gasteiger partial charge is 0.484 e. The molecule has 1 fully saturated rings. The van der Waals surface area contributed by atoms with Crippen molar-refractivity contribution in [2.75, 3.05) is 29.9 Å². The van der Waals surface area contributed by atoms with E-state index >= 15 is 0 Å². The highest BCUT2D eigenvalue weighted by atomic mass is 19.4. The molecule has 0 spiro atoms. The van der Waals surface area contributed by atoms with E-state index in [4.69, 9.17) is 4.74 Å². The van der Waals surface area contributed by atoms with E-state index in [2.05, 4.69) is 15.4 Å². The number of halogens is 3. The lowest BCUT2D eigenvalue weighted by Gasteiger charge is -2.41. The molecule has 1 saturated heterocycles. The molecule has 2 aliphatic rings. The Balaban J connectivity index is 1.45. The summed E-state index contributed by atoms with van der Waals surface area (Å²) < 4.78 is 47.6. The first-order chi connectivity index (χ1) is 17.4. The van der Waals surface area contributed by atoms with Crippen LogP contribution in [0.5, 0.6) is 5.75 Å². The summed E-state index contributed by atoms with van der Waals surface area (Å²) in [6, 6.07) is 5.22. The number of nitrogens with zero attached hydrogens (tertiary/aromatic N) is 4. The molecular weight excluding hydrogens is 491 g/mol. The van der Waals surface area contributed by atoms with Gasteiger partial charge in [0.15, 0.2) is 11.2 Å². The van der Waals surface area contributed by atoms with Gasteiger partial charge in [0.05, 0.1) is 24.2 Å². The van der Waals surface area contributed by atoms with E-state index in [1.54, 1.807) is 37.5 Å². The quantitative estimate of drug-likeness (QED) is 0.475. The summed E-state index contributed by atoms with van der Waals surface area (Å²) in [6.07, 6.45) is 0.582. The minimum atomic E-state index is -4.72. The molecule has 9 nitrogen and oxygen atoms in total. The van der Waals surface area contributed by atoms with E-state index in [1.807, 2.05) is 4.90 Å². The van der Waals surface area contributed by atoms with E-state index in [1.165, 1.54) is 10.7 Å². The highest BCUT2D eigenvalue weighted by Gasteiger charge is 2.55. The topological polar surface area (TPSA) is 112 Å². The van der Waals surface area contributed by atoms with E-state index < -0.39 is 29.2 Å². The van der Waals surface area contributed by atoms with E-state index in [0.29, 0.717) is 29.2 Å². The van der Waals surface area contributed by atoms with Crippen molar-refractivity contribution < 1.29 is 32.9 Å². The molecule has 2 aromatic heterocycles. The summed E-state index contributed by atoms with van der Waals surface area (Å²) in [4.78, 5) is 19.4. The number of piperidine rings is 1. The molecule has 198 valence electrons. The number of carbonyl (C=O) groups is 1. The zero-order chi connectivity index (χ0) is 26.6. The number of carbonyl (C=O) groups excluding carboxylic acids is 1. The van der Waals surface area contributed by atoms with Crippen molar-refractivity contribution in [3.8, 4) is 5.75 Å². The smallest absolute Gasteiger partial charge is 0.417 e. The Morgan fingerprint density at radius 2 is 2.03 bits per heavy atom. The Bertz CT molecular complexity index is 1330. The Morgan fingerprint density at radius 1 is 1.30 bits per heavy atom. The third-order valence-corrected chi connectivity index (χ3v) is 7.41. The van der Waals surface area contributed by atoms with Crippen molar-refractivity contribution in [2.24, 2.45) is 5.92 Å². The lowest BCUT2D eigenvalue weighted by Crippen LogP contribution is -2.52. The number of ether oxygens (including phenoxy) is 1. The summed E-state index contributed by atoms with van der Waals surface area (Å²) in [5.41, 5.74) is -1.10. The van der Waals surface area contributed by atoms with Gasteiger partial charge in [-0.05, 0) is 44.7 Å². The first-order valence-corrected chi connectivity index (χ1v) is 12.0. The molecule has 37 heavy (non-hydrogen) atoms. The standard InChI is InChI=1S/C25H28F3N5O4/c1-23(14-34)12-15-10-18(31-22(35)17-13-30-33-7-3-6-29-21(17)33)19(11-20(15)37-23)32-8-4-16(5-9-32)24(2,36)25(26,27)28/h3,6-7,10-11,13,16,34,36H,4-5,8-9,12,14H2,1-2H3,(H,31,35)/t23-,24?/m0/s1. The highest BCUT2D eigenvalue weighted by molar-refractivity contribution is 6.09. The molecule has 2 aliphatic heterocycles. The maximum Gasteiger partial charge on any atom is 0.417 e. The van der Waals surface area contributed by atoms with Crippen molar-refractivity contribution in [3.63, 3.8) is 0 Å². The van der Waals surface area contributed by atoms with Crippen molar-refractivity contribution in [1.82, 2.24) is 14.6 Å². The molecule has 1 amide bonds. The van der Waals surface area contributed by atoms with Gasteiger partial charge in [0.1, 0.15) is 16.9 Å². The predicted molar refractivity (Wildman–Crippen MR) is 129 cm³/mol. The van der Waals surface area contributed by atoms with Crippen LogP contribution >= 0.6 is 0 Å². The zero-order valence-electron chi connectivity index (χ0n) is 20.4. The molecule has 3 aromatic rings. The minimum Gasteiger partial charge on any atom is -0.484 e.